The highest BCUT2D eigenvalue weighted by atomic mass is 32.1. The molecule has 0 amide bonds. The fourth-order valence-corrected chi connectivity index (χ4v) is 2.42. The van der Waals surface area contributed by atoms with Crippen molar-refractivity contribution in [1.29, 1.82) is 0 Å². The lowest BCUT2D eigenvalue weighted by Crippen LogP contribution is -1.88. The molecule has 2 N–H and O–H groups in total. The summed E-state index contributed by atoms with van der Waals surface area (Å²) in [6.07, 6.45) is 8.13. The molecule has 0 radical (unpaired) electrons. The molecule has 0 aromatic rings. The molecule has 0 aliphatic rings. The Morgan fingerprint density at radius 1 is 1.00 bits per heavy atom. The number of unbranched alkanes of at least 4 members (excludes halogenated alkanes) is 6. The van der Waals surface area contributed by atoms with Gasteiger partial charge in [0.15, 0.2) is 0 Å². The summed E-state index contributed by atoms with van der Waals surface area (Å²) in [5.41, 5.74) is 0. The highest BCUT2D eigenvalue weighted by Crippen LogP contribution is 2.35. The van der Waals surface area contributed by atoms with Crippen LogP contribution < -0.4 is 0 Å². The van der Waals surface area contributed by atoms with E-state index in [4.69, 9.17) is 22.0 Å². The van der Waals surface area contributed by atoms with E-state index in [1.807, 2.05) is 0 Å². The number of thiol groups is 1. The molecule has 16 heavy (non-hydrogen) atoms. The molecule has 0 fully saturated rings. The van der Waals surface area contributed by atoms with Crippen LogP contribution in [0.3, 0.4) is 0 Å². The molecule has 96 valence electrons. The highest BCUT2D eigenvalue weighted by Gasteiger charge is 2.10. The first-order valence-corrected chi connectivity index (χ1v) is 8.33. The van der Waals surface area contributed by atoms with Crippen molar-refractivity contribution in [2.24, 2.45) is 0 Å². The van der Waals surface area contributed by atoms with Gasteiger partial charge in [0.1, 0.15) is 0 Å². The van der Waals surface area contributed by atoms with Crippen molar-refractivity contribution in [2.45, 2.75) is 51.4 Å². The third-order valence-corrected chi connectivity index (χ3v) is 3.67. The second-order valence-corrected chi connectivity index (χ2v) is 7.12. The molecular formula is C10H21O3PS2. The van der Waals surface area contributed by atoms with Gasteiger partial charge >= 0.3 is 7.60 Å². The lowest BCUT2D eigenvalue weighted by molar-refractivity contribution is 0.370. The van der Waals surface area contributed by atoms with Crippen LogP contribution in [0, 0.1) is 0 Å². The van der Waals surface area contributed by atoms with Crippen molar-refractivity contribution in [3.8, 4) is 0 Å². The van der Waals surface area contributed by atoms with Gasteiger partial charge in [-0.25, -0.2) is 0 Å². The molecule has 0 bridgehead atoms. The van der Waals surface area contributed by atoms with E-state index in [-0.39, 0.29) is 6.16 Å². The summed E-state index contributed by atoms with van der Waals surface area (Å²) in [4.78, 5) is 17.3. The van der Waals surface area contributed by atoms with Crippen molar-refractivity contribution in [3.63, 3.8) is 0 Å². The van der Waals surface area contributed by atoms with Crippen LogP contribution in [0.2, 0.25) is 0 Å². The molecule has 0 saturated carbocycles. The average molecular weight is 284 g/mol. The van der Waals surface area contributed by atoms with Gasteiger partial charge in [-0.1, -0.05) is 44.3 Å². The number of hydrogen-bond donors (Lipinski definition) is 3. The summed E-state index contributed by atoms with van der Waals surface area (Å²) in [5, 5.41) is 0. The van der Waals surface area contributed by atoms with Gasteiger partial charge in [-0.15, -0.1) is 12.6 Å². The van der Waals surface area contributed by atoms with Gasteiger partial charge in [-0.2, -0.15) is 0 Å². The SMILES string of the molecule is O=P(O)(O)CCCCCCCCCC(=S)S. The van der Waals surface area contributed by atoms with E-state index < -0.39 is 7.60 Å². The summed E-state index contributed by atoms with van der Waals surface area (Å²) >= 11 is 8.91. The van der Waals surface area contributed by atoms with E-state index in [2.05, 4.69) is 12.6 Å². The summed E-state index contributed by atoms with van der Waals surface area (Å²) in [7, 11) is -3.77. The maximum Gasteiger partial charge on any atom is 0.325 e. The first kappa shape index (κ1) is 16.6. The van der Waals surface area contributed by atoms with Gasteiger partial charge in [-0.3, -0.25) is 4.57 Å². The molecule has 0 rings (SSSR count). The Morgan fingerprint density at radius 3 is 1.88 bits per heavy atom. The average Bonchev–Trinajstić information content (AvgIpc) is 2.13. The Bertz CT molecular complexity index is 240. The van der Waals surface area contributed by atoms with Crippen LogP contribution in [0.1, 0.15) is 51.4 Å². The van der Waals surface area contributed by atoms with Gasteiger partial charge in [0.2, 0.25) is 0 Å². The van der Waals surface area contributed by atoms with Crippen molar-refractivity contribution in [2.75, 3.05) is 6.16 Å². The molecule has 0 spiro atoms. The van der Waals surface area contributed by atoms with Crippen molar-refractivity contribution in [1.82, 2.24) is 0 Å². The van der Waals surface area contributed by atoms with Crippen LogP contribution >= 0.6 is 32.4 Å². The second-order valence-electron chi connectivity index (χ2n) is 4.01. The zero-order valence-corrected chi connectivity index (χ0v) is 12.1. The van der Waals surface area contributed by atoms with E-state index in [1.54, 1.807) is 0 Å². The standard InChI is InChI=1S/C10H21O3PS2/c11-14(12,13)9-7-5-3-1-2-4-6-8-10(15)16/h1-9H2,(H,15,16)(H2,11,12,13). The molecule has 0 aliphatic heterocycles. The van der Waals surface area contributed by atoms with Crippen LogP contribution in [0.15, 0.2) is 0 Å². The van der Waals surface area contributed by atoms with Crippen molar-refractivity contribution in [3.05, 3.63) is 0 Å². The molecule has 3 nitrogen and oxygen atoms in total. The van der Waals surface area contributed by atoms with Crippen LogP contribution in [0.5, 0.6) is 0 Å². The Kier molecular flexibility index (Phi) is 9.96. The Morgan fingerprint density at radius 2 is 1.44 bits per heavy atom. The smallest absolute Gasteiger partial charge is 0.324 e. The molecular weight excluding hydrogens is 263 g/mol. The van der Waals surface area contributed by atoms with E-state index in [1.165, 1.54) is 12.8 Å². The number of thiocarbonyl (C=S) groups is 1. The molecule has 0 atom stereocenters. The first-order chi connectivity index (χ1) is 7.42. The largest absolute Gasteiger partial charge is 0.325 e. The Labute approximate surface area is 109 Å². The number of hydrogen-bond acceptors (Lipinski definition) is 2. The molecule has 0 aromatic heterocycles. The summed E-state index contributed by atoms with van der Waals surface area (Å²) in [6, 6.07) is 0. The lowest BCUT2D eigenvalue weighted by atomic mass is 10.1. The van der Waals surface area contributed by atoms with Gasteiger partial charge in [0.05, 0.1) is 0 Å². The van der Waals surface area contributed by atoms with Gasteiger partial charge in [-0.05, 0) is 19.3 Å². The monoisotopic (exact) mass is 284 g/mol. The lowest BCUT2D eigenvalue weighted by Gasteiger charge is -2.03. The van der Waals surface area contributed by atoms with Crippen LogP contribution in [-0.2, 0) is 4.57 Å². The molecule has 0 aromatic carbocycles. The molecule has 0 aliphatic carbocycles. The Hall–Kier alpha value is 0.590. The van der Waals surface area contributed by atoms with Crippen molar-refractivity contribution < 1.29 is 14.4 Å². The molecule has 6 heteroatoms. The predicted molar refractivity (Wildman–Crippen MR) is 75.4 cm³/mol. The zero-order chi connectivity index (χ0) is 12.4. The highest BCUT2D eigenvalue weighted by molar-refractivity contribution is 8.11. The van der Waals surface area contributed by atoms with Gasteiger partial charge in [0, 0.05) is 10.4 Å². The maximum atomic E-state index is 10.5. The summed E-state index contributed by atoms with van der Waals surface area (Å²) in [5.74, 6) is 0. The van der Waals surface area contributed by atoms with Crippen LogP contribution in [0.4, 0.5) is 0 Å². The number of rotatable bonds is 10. The molecule has 0 heterocycles. The van der Waals surface area contributed by atoms with E-state index >= 15 is 0 Å². The van der Waals surface area contributed by atoms with Crippen molar-refractivity contribution >= 4 is 36.6 Å². The van der Waals surface area contributed by atoms with E-state index in [0.717, 1.165) is 36.3 Å². The first-order valence-electron chi connectivity index (χ1n) is 5.68. The minimum Gasteiger partial charge on any atom is -0.324 e. The van der Waals surface area contributed by atoms with Gasteiger partial charge < -0.3 is 9.79 Å². The third-order valence-electron chi connectivity index (χ3n) is 2.34. The summed E-state index contributed by atoms with van der Waals surface area (Å²) in [6.45, 7) is 0. The van der Waals surface area contributed by atoms with E-state index in [0.29, 0.717) is 6.42 Å². The normalized spacial score (nSPS) is 11.7. The van der Waals surface area contributed by atoms with Gasteiger partial charge in [0.25, 0.3) is 0 Å². The molecule has 0 unspecified atom stereocenters. The fraction of sp³-hybridized carbons (Fsp3) is 0.900. The minimum absolute atomic E-state index is 0.0287. The van der Waals surface area contributed by atoms with E-state index in [9.17, 15) is 4.57 Å². The molecule has 0 saturated heterocycles. The quantitative estimate of drug-likeness (QED) is 0.248. The zero-order valence-electron chi connectivity index (χ0n) is 9.47. The summed E-state index contributed by atoms with van der Waals surface area (Å²) < 4.78 is 11.3. The fourth-order valence-electron chi connectivity index (χ4n) is 1.48. The predicted octanol–water partition coefficient (Wildman–Crippen LogP) is 3.54. The van der Waals surface area contributed by atoms with Crippen LogP contribution in [0.25, 0.3) is 0 Å². The third kappa shape index (κ3) is 14.6. The maximum absolute atomic E-state index is 10.5. The topological polar surface area (TPSA) is 57.5 Å². The minimum atomic E-state index is -3.77. The van der Waals surface area contributed by atoms with Crippen LogP contribution in [-0.4, -0.2) is 20.1 Å². The Balaban J connectivity index is 3.10. The second kappa shape index (κ2) is 9.60.